The molecule has 1 atom stereocenters. The molecule has 1 amide bonds. The Morgan fingerprint density at radius 3 is 2.80 bits per heavy atom. The lowest BCUT2D eigenvalue weighted by Crippen LogP contribution is -2.33. The van der Waals surface area contributed by atoms with E-state index in [2.05, 4.69) is 29.5 Å². The number of aromatic nitrogens is 1. The molecule has 20 heavy (non-hydrogen) atoms. The minimum atomic E-state index is -0.0901. The Bertz CT molecular complexity index is 406. The predicted octanol–water partition coefficient (Wildman–Crippen LogP) is 3.60. The van der Waals surface area contributed by atoms with Crippen molar-refractivity contribution < 1.29 is 4.79 Å². The number of hydrogen-bond acceptors (Lipinski definition) is 3. The van der Waals surface area contributed by atoms with E-state index in [4.69, 9.17) is 0 Å². The van der Waals surface area contributed by atoms with Crippen molar-refractivity contribution in [3.8, 4) is 0 Å². The van der Waals surface area contributed by atoms with Crippen LogP contribution in [0.2, 0.25) is 0 Å². The van der Waals surface area contributed by atoms with Crippen LogP contribution in [-0.2, 0) is 0 Å². The Labute approximate surface area is 122 Å². The second-order valence-corrected chi connectivity index (χ2v) is 5.18. The molecule has 0 spiro atoms. The summed E-state index contributed by atoms with van der Waals surface area (Å²) in [5.74, 6) is -0.0901. The maximum absolute atomic E-state index is 12.1. The highest BCUT2D eigenvalue weighted by atomic mass is 16.1. The highest BCUT2D eigenvalue weighted by Crippen LogP contribution is 2.09. The van der Waals surface area contributed by atoms with Crippen LogP contribution in [0.3, 0.4) is 0 Å². The van der Waals surface area contributed by atoms with E-state index in [1.807, 2.05) is 13.0 Å². The van der Waals surface area contributed by atoms with E-state index >= 15 is 0 Å². The van der Waals surface area contributed by atoms with Gasteiger partial charge in [0, 0.05) is 24.5 Å². The molecule has 1 aromatic heterocycles. The lowest BCUT2D eigenvalue weighted by atomic mass is 10.1. The molecule has 1 aromatic rings. The van der Waals surface area contributed by atoms with Crippen molar-refractivity contribution in [1.29, 1.82) is 0 Å². The van der Waals surface area contributed by atoms with Crippen LogP contribution in [0, 0.1) is 0 Å². The largest absolute Gasteiger partial charge is 0.385 e. The molecular weight excluding hydrogens is 250 g/mol. The van der Waals surface area contributed by atoms with Crippen molar-refractivity contribution >= 4 is 11.6 Å². The molecule has 112 valence electrons. The van der Waals surface area contributed by atoms with Gasteiger partial charge in [0.1, 0.15) is 5.69 Å². The van der Waals surface area contributed by atoms with Crippen LogP contribution in [0.5, 0.6) is 0 Å². The van der Waals surface area contributed by atoms with Crippen LogP contribution in [0.25, 0.3) is 0 Å². The average Bonchev–Trinajstić information content (AvgIpc) is 2.44. The average molecular weight is 277 g/mol. The van der Waals surface area contributed by atoms with Gasteiger partial charge in [0.15, 0.2) is 0 Å². The van der Waals surface area contributed by atoms with Gasteiger partial charge in [-0.1, -0.05) is 32.6 Å². The molecule has 4 heteroatoms. The third-order valence-electron chi connectivity index (χ3n) is 3.24. The first kappa shape index (κ1) is 16.5. The molecule has 1 unspecified atom stereocenters. The summed E-state index contributed by atoms with van der Waals surface area (Å²) in [7, 11) is 0. The summed E-state index contributed by atoms with van der Waals surface area (Å²) in [6.07, 6.45) is 7.61. The van der Waals surface area contributed by atoms with E-state index in [1.54, 1.807) is 12.3 Å². The fraction of sp³-hybridized carbons (Fsp3) is 0.625. The van der Waals surface area contributed by atoms with Gasteiger partial charge in [0.2, 0.25) is 0 Å². The molecule has 0 aromatic carbocycles. The Morgan fingerprint density at radius 2 is 2.10 bits per heavy atom. The molecule has 0 saturated heterocycles. The van der Waals surface area contributed by atoms with E-state index in [9.17, 15) is 4.79 Å². The van der Waals surface area contributed by atoms with Crippen LogP contribution < -0.4 is 10.6 Å². The second kappa shape index (κ2) is 9.34. The van der Waals surface area contributed by atoms with Crippen LogP contribution >= 0.6 is 0 Å². The third kappa shape index (κ3) is 6.04. The minimum Gasteiger partial charge on any atom is -0.385 e. The predicted molar refractivity (Wildman–Crippen MR) is 84.1 cm³/mol. The maximum atomic E-state index is 12.1. The highest BCUT2D eigenvalue weighted by molar-refractivity contribution is 5.93. The van der Waals surface area contributed by atoms with Crippen LogP contribution in [0.15, 0.2) is 18.3 Å². The minimum absolute atomic E-state index is 0.0901. The summed E-state index contributed by atoms with van der Waals surface area (Å²) in [6.45, 7) is 7.11. The van der Waals surface area contributed by atoms with Crippen LogP contribution in [0.1, 0.15) is 63.4 Å². The summed E-state index contributed by atoms with van der Waals surface area (Å²) in [5.41, 5.74) is 1.41. The molecule has 0 aliphatic carbocycles. The lowest BCUT2D eigenvalue weighted by molar-refractivity contribution is 0.0933. The number of nitrogens with zero attached hydrogens (tertiary/aromatic N) is 1. The van der Waals surface area contributed by atoms with Gasteiger partial charge in [0.05, 0.1) is 0 Å². The third-order valence-corrected chi connectivity index (χ3v) is 3.24. The van der Waals surface area contributed by atoms with Gasteiger partial charge in [-0.05, 0) is 32.4 Å². The SMILES string of the molecule is CCCCCCC(C)NC(=O)c1cc(NCC)ccn1. The number of carbonyl (C=O) groups excluding carboxylic acids is 1. The normalized spacial score (nSPS) is 11.9. The molecule has 1 heterocycles. The standard InChI is InChI=1S/C16H27N3O/c1-4-6-7-8-9-13(3)19-16(20)15-12-14(17-5-2)10-11-18-15/h10-13H,4-9H2,1-3H3,(H,17,18)(H,19,20). The summed E-state index contributed by atoms with van der Waals surface area (Å²) in [4.78, 5) is 16.2. The second-order valence-electron chi connectivity index (χ2n) is 5.18. The Balaban J connectivity index is 2.43. The number of nitrogens with one attached hydrogen (secondary N) is 2. The van der Waals surface area contributed by atoms with E-state index < -0.39 is 0 Å². The number of amides is 1. The highest BCUT2D eigenvalue weighted by Gasteiger charge is 2.11. The van der Waals surface area contributed by atoms with Gasteiger partial charge >= 0.3 is 0 Å². The van der Waals surface area contributed by atoms with E-state index in [0.29, 0.717) is 5.69 Å². The topological polar surface area (TPSA) is 54.0 Å². The lowest BCUT2D eigenvalue weighted by Gasteiger charge is -2.13. The zero-order valence-corrected chi connectivity index (χ0v) is 12.9. The van der Waals surface area contributed by atoms with Crippen molar-refractivity contribution in [1.82, 2.24) is 10.3 Å². The number of rotatable bonds is 9. The number of pyridine rings is 1. The number of carbonyl (C=O) groups is 1. The summed E-state index contributed by atoms with van der Waals surface area (Å²) >= 11 is 0. The van der Waals surface area contributed by atoms with Crippen molar-refractivity contribution in [2.24, 2.45) is 0 Å². The van der Waals surface area contributed by atoms with Crippen LogP contribution in [0.4, 0.5) is 5.69 Å². The molecule has 0 bridgehead atoms. The Hall–Kier alpha value is -1.58. The molecular formula is C16H27N3O. The van der Waals surface area contributed by atoms with Gasteiger partial charge in [0.25, 0.3) is 5.91 Å². The molecule has 0 radical (unpaired) electrons. The quantitative estimate of drug-likeness (QED) is 0.678. The first-order valence-electron chi connectivity index (χ1n) is 7.68. The first-order chi connectivity index (χ1) is 9.67. The summed E-state index contributed by atoms with van der Waals surface area (Å²) in [5, 5.41) is 6.20. The molecule has 1 rings (SSSR count). The van der Waals surface area contributed by atoms with E-state index in [1.165, 1.54) is 25.7 Å². The van der Waals surface area contributed by atoms with Gasteiger partial charge in [-0.25, -0.2) is 0 Å². The van der Waals surface area contributed by atoms with Gasteiger partial charge in [-0.3, -0.25) is 9.78 Å². The van der Waals surface area contributed by atoms with Crippen molar-refractivity contribution in [2.75, 3.05) is 11.9 Å². The molecule has 0 aliphatic rings. The van der Waals surface area contributed by atoms with Crippen LogP contribution in [-0.4, -0.2) is 23.5 Å². The fourth-order valence-electron chi connectivity index (χ4n) is 2.12. The number of hydrogen-bond donors (Lipinski definition) is 2. The monoisotopic (exact) mass is 277 g/mol. The number of anilines is 1. The Morgan fingerprint density at radius 1 is 1.30 bits per heavy atom. The van der Waals surface area contributed by atoms with Gasteiger partial charge in [-0.2, -0.15) is 0 Å². The molecule has 0 aliphatic heterocycles. The van der Waals surface area contributed by atoms with Crippen molar-refractivity contribution in [2.45, 2.75) is 58.9 Å². The van der Waals surface area contributed by atoms with E-state index in [-0.39, 0.29) is 11.9 Å². The first-order valence-corrected chi connectivity index (χ1v) is 7.68. The summed E-state index contributed by atoms with van der Waals surface area (Å²) in [6, 6.07) is 3.86. The van der Waals surface area contributed by atoms with E-state index in [0.717, 1.165) is 18.7 Å². The zero-order chi connectivity index (χ0) is 14.8. The summed E-state index contributed by atoms with van der Waals surface area (Å²) < 4.78 is 0. The van der Waals surface area contributed by atoms with Gasteiger partial charge < -0.3 is 10.6 Å². The molecule has 2 N–H and O–H groups in total. The molecule has 0 fully saturated rings. The fourth-order valence-corrected chi connectivity index (χ4v) is 2.12. The van der Waals surface area contributed by atoms with Crippen molar-refractivity contribution in [3.05, 3.63) is 24.0 Å². The van der Waals surface area contributed by atoms with Gasteiger partial charge in [-0.15, -0.1) is 0 Å². The Kier molecular flexibility index (Phi) is 7.70. The molecule has 4 nitrogen and oxygen atoms in total. The smallest absolute Gasteiger partial charge is 0.270 e. The zero-order valence-electron chi connectivity index (χ0n) is 12.9. The molecule has 0 saturated carbocycles. The maximum Gasteiger partial charge on any atom is 0.270 e. The van der Waals surface area contributed by atoms with Crippen molar-refractivity contribution in [3.63, 3.8) is 0 Å². The number of unbranched alkanes of at least 4 members (excludes halogenated alkanes) is 3.